The van der Waals surface area contributed by atoms with Crippen LogP contribution in [0.5, 0.6) is 5.75 Å². The van der Waals surface area contributed by atoms with E-state index in [0.29, 0.717) is 6.61 Å². The number of hydrogen-bond acceptors (Lipinski definition) is 5. The fourth-order valence-electron chi connectivity index (χ4n) is 0.814. The normalized spacial score (nSPS) is 8.85. The van der Waals surface area contributed by atoms with Gasteiger partial charge < -0.3 is 14.9 Å². The zero-order valence-corrected chi connectivity index (χ0v) is 24.3. The molecule has 0 saturated carbocycles. The second-order valence-electron chi connectivity index (χ2n) is 2.65. The van der Waals surface area contributed by atoms with Gasteiger partial charge in [0.25, 0.3) is 0 Å². The van der Waals surface area contributed by atoms with Crippen LogP contribution in [0.25, 0.3) is 0 Å². The van der Waals surface area contributed by atoms with Gasteiger partial charge in [0.15, 0.2) is 0 Å². The standard InChI is InChI=1S/C10H11IO.3K.HO4P/c1-2-3-8-12-10-7-5-4-6-9(10)11;;;;1-4-5(2)3/h2,4-7H,1,3,8H2;;;;1H/q;;;+1;/p-1. The van der Waals surface area contributed by atoms with Gasteiger partial charge in [0.1, 0.15) is 5.75 Å². The van der Waals surface area contributed by atoms with Gasteiger partial charge >= 0.3 is 123 Å². The Hall–Kier alpha value is 4.38. The molecule has 0 bridgehead atoms. The van der Waals surface area contributed by atoms with E-state index in [0.717, 1.165) is 15.7 Å². The third kappa shape index (κ3) is 20.4. The van der Waals surface area contributed by atoms with E-state index in [1.54, 1.807) is 0 Å². The molecule has 10 heteroatoms. The van der Waals surface area contributed by atoms with E-state index in [1.165, 1.54) is 63.2 Å². The molecule has 0 aliphatic rings. The summed E-state index contributed by atoms with van der Waals surface area (Å²) in [7, 11) is -3.15. The Morgan fingerprint density at radius 3 is 2.30 bits per heavy atom. The van der Waals surface area contributed by atoms with Gasteiger partial charge in [0.05, 0.1) is 10.2 Å². The van der Waals surface area contributed by atoms with Gasteiger partial charge in [-0.15, -0.1) is 6.58 Å². The molecule has 0 aliphatic heterocycles. The maximum atomic E-state index is 8.87. The molecule has 1 atom stereocenters. The van der Waals surface area contributed by atoms with E-state index in [4.69, 9.17) is 19.5 Å². The van der Waals surface area contributed by atoms with Crippen molar-refractivity contribution in [2.24, 2.45) is 0 Å². The van der Waals surface area contributed by atoms with Crippen LogP contribution in [0.15, 0.2) is 36.9 Å². The molecule has 0 saturated heterocycles. The van der Waals surface area contributed by atoms with Gasteiger partial charge in [-0.1, -0.05) is 18.2 Å². The topological polar surface area (TPSA) is 81.7 Å². The predicted molar refractivity (Wildman–Crippen MR) is 79.7 cm³/mol. The first kappa shape index (κ1) is 29.2. The van der Waals surface area contributed by atoms with Gasteiger partial charge in [0, 0.05) is 0 Å². The molecule has 1 rings (SSSR count). The molecule has 1 aromatic rings. The van der Waals surface area contributed by atoms with Crippen LogP contribution in [0.1, 0.15) is 6.42 Å². The number of benzene rings is 1. The zero-order chi connectivity index (χ0) is 15.1. The van der Waals surface area contributed by atoms with E-state index in [1.807, 2.05) is 30.3 Å². The summed E-state index contributed by atoms with van der Waals surface area (Å²) < 4.78 is 18.0. The molecule has 20 heavy (non-hydrogen) atoms. The molecule has 1 unspecified atom stereocenters. The maximum absolute atomic E-state index is 8.87. The minimum atomic E-state index is -3.15. The van der Waals surface area contributed by atoms with Crippen LogP contribution < -0.4 is 66.3 Å². The second kappa shape index (κ2) is 23.4. The van der Waals surface area contributed by atoms with E-state index < -0.39 is 8.25 Å². The zero-order valence-electron chi connectivity index (χ0n) is 11.9. The summed E-state index contributed by atoms with van der Waals surface area (Å²) in [5.41, 5.74) is 0. The average Bonchev–Trinajstić information content (AvgIpc) is 2.44. The third-order valence-corrected chi connectivity index (χ3v) is 2.49. The summed E-state index contributed by atoms with van der Waals surface area (Å²) in [5, 5.41) is 8.53. The molecule has 0 amide bonds. The Balaban J connectivity index is -0.000000310. The number of hydrogen-bond donors (Lipinski definition) is 0. The molecule has 0 spiro atoms. The first-order valence-corrected chi connectivity index (χ1v) is 23.7. The molecule has 0 heterocycles. The van der Waals surface area contributed by atoms with Crippen LogP contribution in [0.2, 0.25) is 0 Å². The minimum absolute atomic E-state index is 0. The van der Waals surface area contributed by atoms with Gasteiger partial charge in [-0.05, 0) is 45.7 Å². The fraction of sp³-hybridized carbons (Fsp3) is 0.200. The van der Waals surface area contributed by atoms with Crippen molar-refractivity contribution >= 4 is 94.0 Å². The van der Waals surface area contributed by atoms with Crippen LogP contribution >= 0.6 is 30.8 Å². The SMILES string of the molecule is C=CCCOc1ccccc1I.O=[P+]([O-])O[O-].[K+].[K][K]. The van der Waals surface area contributed by atoms with Crippen molar-refractivity contribution in [2.45, 2.75) is 6.42 Å². The number of halogens is 1. The van der Waals surface area contributed by atoms with Crippen LogP contribution in [0.4, 0.5) is 0 Å². The van der Waals surface area contributed by atoms with E-state index in [9.17, 15) is 0 Å². The van der Waals surface area contributed by atoms with E-state index in [-0.39, 0.29) is 51.4 Å². The first-order chi connectivity index (χ1) is 9.11. The Morgan fingerprint density at radius 1 is 1.40 bits per heavy atom. The van der Waals surface area contributed by atoms with Crippen molar-refractivity contribution in [2.75, 3.05) is 6.61 Å². The first-order valence-electron chi connectivity index (χ1n) is 5.54. The van der Waals surface area contributed by atoms with Crippen molar-refractivity contribution < 1.29 is 75.5 Å². The van der Waals surface area contributed by atoms with Crippen molar-refractivity contribution in [1.29, 1.82) is 0 Å². The number of rotatable bonds is 5. The Kier molecular flexibility index (Phi) is 34.1. The van der Waals surface area contributed by atoms with Gasteiger partial charge in [-0.2, -0.15) is 0 Å². The summed E-state index contributed by atoms with van der Waals surface area (Å²) in [6.45, 7) is 4.34. The Labute approximate surface area is 221 Å². The van der Waals surface area contributed by atoms with Gasteiger partial charge in [0.2, 0.25) is 0 Å². The fourth-order valence-corrected chi connectivity index (χ4v) is 1.36. The van der Waals surface area contributed by atoms with E-state index >= 15 is 0 Å². The molecular weight excluding hydrogens is 475 g/mol. The summed E-state index contributed by atoms with van der Waals surface area (Å²) in [6, 6.07) is 7.99. The molecule has 0 aliphatic carbocycles. The van der Waals surface area contributed by atoms with Crippen molar-refractivity contribution in [3.63, 3.8) is 0 Å². The number of para-hydroxylation sites is 1. The second-order valence-corrected chi connectivity index (χ2v) is 4.41. The van der Waals surface area contributed by atoms with Crippen molar-refractivity contribution in [3.05, 3.63) is 40.5 Å². The summed E-state index contributed by atoms with van der Waals surface area (Å²) in [4.78, 5) is 8.87. The van der Waals surface area contributed by atoms with E-state index in [2.05, 4.69) is 33.8 Å². The molecule has 0 N–H and O–H groups in total. The molecule has 0 radical (unpaired) electrons. The average molecular weight is 486 g/mol. The summed E-state index contributed by atoms with van der Waals surface area (Å²) in [6.07, 6.45) is 2.75. The summed E-state index contributed by atoms with van der Waals surface area (Å²) >= 11 is 4.76. The molecule has 5 nitrogen and oxygen atoms in total. The molecule has 1 aromatic carbocycles. The van der Waals surface area contributed by atoms with Crippen LogP contribution in [0, 0.1) is 3.57 Å². The monoisotopic (exact) mass is 486 g/mol. The van der Waals surface area contributed by atoms with Crippen molar-refractivity contribution in [1.82, 2.24) is 0 Å². The molecule has 0 fully saturated rings. The Morgan fingerprint density at radius 2 is 1.90 bits per heavy atom. The third-order valence-electron chi connectivity index (χ3n) is 1.48. The molecule has 96 valence electrons. The van der Waals surface area contributed by atoms with Crippen LogP contribution in [-0.2, 0) is 9.24 Å². The quantitative estimate of drug-likeness (QED) is 0.0897. The summed E-state index contributed by atoms with van der Waals surface area (Å²) in [5.74, 6) is 0.958. The van der Waals surface area contributed by atoms with Gasteiger partial charge in [-0.25, -0.2) is 4.67 Å². The predicted octanol–water partition coefficient (Wildman–Crippen LogP) is -2.22. The van der Waals surface area contributed by atoms with Gasteiger partial charge in [-0.3, -0.25) is 0 Å². The van der Waals surface area contributed by atoms with Crippen LogP contribution in [0.3, 0.4) is 0 Å². The van der Waals surface area contributed by atoms with Crippen molar-refractivity contribution in [3.8, 4) is 5.75 Å². The molecular formula is C10H11IK3O5P. The number of ether oxygens (including phenoxy) is 1. The van der Waals surface area contributed by atoms with Crippen LogP contribution in [-0.4, -0.2) is 69.8 Å². The molecule has 0 aromatic heterocycles. The Bertz CT molecular complexity index is 371.